The maximum absolute atomic E-state index is 12.6. The fourth-order valence-electron chi connectivity index (χ4n) is 4.99. The molecule has 6 heteroatoms. The Morgan fingerprint density at radius 1 is 1.00 bits per heavy atom. The summed E-state index contributed by atoms with van der Waals surface area (Å²) < 4.78 is 12.3. The molecule has 2 aliphatic heterocycles. The van der Waals surface area contributed by atoms with Crippen LogP contribution in [0.1, 0.15) is 45.6 Å². The number of hydrogen-bond donors (Lipinski definition) is 0. The summed E-state index contributed by atoms with van der Waals surface area (Å²) in [5.41, 5.74) is 2.64. The van der Waals surface area contributed by atoms with Crippen LogP contribution in [0.3, 0.4) is 0 Å². The van der Waals surface area contributed by atoms with Gasteiger partial charge in [-0.1, -0.05) is 30.3 Å². The number of carbonyl (C=O) groups is 1. The number of amides is 1. The highest BCUT2D eigenvalue weighted by Gasteiger charge is 2.41. The van der Waals surface area contributed by atoms with Crippen molar-refractivity contribution >= 4 is 22.7 Å². The van der Waals surface area contributed by atoms with Gasteiger partial charge in [-0.15, -0.1) is 0 Å². The van der Waals surface area contributed by atoms with Crippen LogP contribution in [-0.4, -0.2) is 46.8 Å². The number of hydrogen-bond acceptors (Lipinski definition) is 5. The highest BCUT2D eigenvalue weighted by atomic mass is 16.6. The fraction of sp³-hybridized carbons (Fsp3) is 0.429. The summed E-state index contributed by atoms with van der Waals surface area (Å²) in [6, 6.07) is 18.7. The Bertz CT molecular complexity index is 1170. The van der Waals surface area contributed by atoms with Crippen molar-refractivity contribution in [1.29, 1.82) is 0 Å². The number of rotatable bonds is 2. The summed E-state index contributed by atoms with van der Waals surface area (Å²) in [7, 11) is 0. The third-order valence-corrected chi connectivity index (χ3v) is 6.80. The topological polar surface area (TPSA) is 54.9 Å². The van der Waals surface area contributed by atoms with Gasteiger partial charge in [0.2, 0.25) is 0 Å². The zero-order valence-electron chi connectivity index (χ0n) is 20.3. The largest absolute Gasteiger partial charge is 0.485 e. The molecule has 3 heterocycles. The van der Waals surface area contributed by atoms with Crippen molar-refractivity contribution in [3.8, 4) is 5.75 Å². The normalized spacial score (nSPS) is 17.7. The van der Waals surface area contributed by atoms with Gasteiger partial charge in [0.1, 0.15) is 17.0 Å². The van der Waals surface area contributed by atoms with Gasteiger partial charge in [0.25, 0.3) is 0 Å². The minimum Gasteiger partial charge on any atom is -0.485 e. The number of carbonyl (C=O) groups excluding carboxylic acids is 1. The van der Waals surface area contributed by atoms with Gasteiger partial charge in [0.05, 0.1) is 11.2 Å². The van der Waals surface area contributed by atoms with Gasteiger partial charge in [0, 0.05) is 57.0 Å². The molecule has 1 aromatic heterocycles. The molecule has 34 heavy (non-hydrogen) atoms. The van der Waals surface area contributed by atoms with E-state index in [4.69, 9.17) is 9.47 Å². The molecule has 3 aromatic rings. The third kappa shape index (κ3) is 4.67. The molecular formula is C28H33N3O3. The first-order valence-corrected chi connectivity index (χ1v) is 12.2. The standard InChI is InChI=1S/C28H33N3O3/c1-27(2,3)34-26(32)30-17-13-28(14-18-30)15-19-31(24-10-6-7-11-25(24)33-28)20-21-12-16-29-23-9-5-4-8-22(21)23/h4-12,16H,13-15,17-20H2,1-3H3. The lowest BCUT2D eigenvalue weighted by Gasteiger charge is -2.41. The average Bonchev–Trinajstić information content (AvgIpc) is 2.96. The average molecular weight is 460 g/mol. The van der Waals surface area contributed by atoms with Crippen LogP contribution in [0.25, 0.3) is 10.9 Å². The van der Waals surface area contributed by atoms with Crippen molar-refractivity contribution in [2.75, 3.05) is 24.5 Å². The maximum Gasteiger partial charge on any atom is 0.410 e. The lowest BCUT2D eigenvalue weighted by atomic mass is 9.88. The minimum absolute atomic E-state index is 0.234. The van der Waals surface area contributed by atoms with Crippen molar-refractivity contribution in [2.45, 2.75) is 57.8 Å². The summed E-state index contributed by atoms with van der Waals surface area (Å²) in [6.07, 6.45) is 4.17. The first-order valence-electron chi connectivity index (χ1n) is 12.2. The summed E-state index contributed by atoms with van der Waals surface area (Å²) >= 11 is 0. The summed E-state index contributed by atoms with van der Waals surface area (Å²) in [6.45, 7) is 8.69. The van der Waals surface area contributed by atoms with E-state index in [1.54, 1.807) is 0 Å². The first kappa shape index (κ1) is 22.5. The van der Waals surface area contributed by atoms with Crippen molar-refractivity contribution in [2.24, 2.45) is 0 Å². The van der Waals surface area contributed by atoms with E-state index in [1.165, 1.54) is 10.9 Å². The number of aromatic nitrogens is 1. The van der Waals surface area contributed by atoms with Crippen LogP contribution in [0.2, 0.25) is 0 Å². The van der Waals surface area contributed by atoms with Crippen molar-refractivity contribution in [1.82, 2.24) is 9.88 Å². The molecule has 0 N–H and O–H groups in total. The molecule has 1 amide bonds. The highest BCUT2D eigenvalue weighted by molar-refractivity contribution is 5.82. The molecule has 1 spiro atoms. The molecule has 0 bridgehead atoms. The van der Waals surface area contributed by atoms with Crippen molar-refractivity contribution in [3.05, 3.63) is 66.4 Å². The van der Waals surface area contributed by atoms with Gasteiger partial charge in [0.15, 0.2) is 0 Å². The molecule has 5 rings (SSSR count). The Labute approximate surface area is 201 Å². The molecule has 0 saturated carbocycles. The monoisotopic (exact) mass is 459 g/mol. The molecule has 2 aliphatic rings. The Morgan fingerprint density at radius 2 is 1.71 bits per heavy atom. The second-order valence-electron chi connectivity index (χ2n) is 10.4. The zero-order chi connectivity index (χ0) is 23.8. The van der Waals surface area contributed by atoms with E-state index in [1.807, 2.05) is 44.0 Å². The van der Waals surface area contributed by atoms with Crippen LogP contribution >= 0.6 is 0 Å². The van der Waals surface area contributed by atoms with Crippen LogP contribution in [0.15, 0.2) is 60.8 Å². The molecule has 0 aliphatic carbocycles. The Balaban J connectivity index is 1.36. The Hall–Kier alpha value is -3.28. The Kier molecular flexibility index (Phi) is 5.84. The number of fused-ring (bicyclic) bond motifs is 2. The molecule has 0 unspecified atom stereocenters. The number of benzene rings is 2. The zero-order valence-corrected chi connectivity index (χ0v) is 20.3. The molecule has 1 saturated heterocycles. The fourth-order valence-corrected chi connectivity index (χ4v) is 4.99. The van der Waals surface area contributed by atoms with Gasteiger partial charge in [-0.05, 0) is 50.6 Å². The van der Waals surface area contributed by atoms with E-state index in [0.717, 1.165) is 49.3 Å². The maximum atomic E-state index is 12.6. The van der Waals surface area contributed by atoms with E-state index >= 15 is 0 Å². The molecule has 0 atom stereocenters. The second-order valence-corrected chi connectivity index (χ2v) is 10.4. The van der Waals surface area contributed by atoms with Gasteiger partial charge >= 0.3 is 6.09 Å². The van der Waals surface area contributed by atoms with Gasteiger partial charge in [-0.3, -0.25) is 4.98 Å². The molecular weight excluding hydrogens is 426 g/mol. The van der Waals surface area contributed by atoms with E-state index in [9.17, 15) is 4.79 Å². The quantitative estimate of drug-likeness (QED) is 0.485. The van der Waals surface area contributed by atoms with Crippen molar-refractivity contribution in [3.63, 3.8) is 0 Å². The lowest BCUT2D eigenvalue weighted by molar-refractivity contribution is -0.0186. The Morgan fingerprint density at radius 3 is 2.50 bits per heavy atom. The predicted molar refractivity (Wildman–Crippen MR) is 134 cm³/mol. The van der Waals surface area contributed by atoms with Gasteiger partial charge in [-0.25, -0.2) is 4.79 Å². The smallest absolute Gasteiger partial charge is 0.410 e. The van der Waals surface area contributed by atoms with Crippen LogP contribution in [0.5, 0.6) is 5.75 Å². The van der Waals surface area contributed by atoms with Crippen molar-refractivity contribution < 1.29 is 14.3 Å². The van der Waals surface area contributed by atoms with E-state index in [2.05, 4.69) is 52.3 Å². The number of nitrogens with zero attached hydrogens (tertiary/aromatic N) is 3. The number of likely N-dealkylation sites (tertiary alicyclic amines) is 1. The molecule has 2 aromatic carbocycles. The number of piperidine rings is 1. The molecule has 178 valence electrons. The minimum atomic E-state index is -0.485. The SMILES string of the molecule is CC(C)(C)OC(=O)N1CCC2(CC1)CCN(Cc1ccnc3ccccc13)c1ccccc1O2. The molecule has 0 radical (unpaired) electrons. The van der Waals surface area contributed by atoms with Crippen LogP contribution in [-0.2, 0) is 11.3 Å². The molecule has 6 nitrogen and oxygen atoms in total. The van der Waals surface area contributed by atoms with E-state index in [0.29, 0.717) is 13.1 Å². The second kappa shape index (κ2) is 8.82. The van der Waals surface area contributed by atoms with Gasteiger partial charge < -0.3 is 19.3 Å². The highest BCUT2D eigenvalue weighted by Crippen LogP contribution is 2.41. The predicted octanol–water partition coefficient (Wildman–Crippen LogP) is 5.79. The van der Waals surface area contributed by atoms with Gasteiger partial charge in [-0.2, -0.15) is 0 Å². The first-order chi connectivity index (χ1) is 16.3. The summed E-state index contributed by atoms with van der Waals surface area (Å²) in [5, 5.41) is 1.19. The van der Waals surface area contributed by atoms with E-state index < -0.39 is 5.60 Å². The lowest BCUT2D eigenvalue weighted by Crippen LogP contribution is -2.51. The molecule has 1 fully saturated rings. The van der Waals surface area contributed by atoms with Crippen LogP contribution in [0, 0.1) is 0 Å². The third-order valence-electron chi connectivity index (χ3n) is 6.80. The number of ether oxygens (including phenoxy) is 2. The summed E-state index contributed by atoms with van der Waals surface area (Å²) in [4.78, 5) is 21.3. The number of anilines is 1. The number of pyridine rings is 1. The van der Waals surface area contributed by atoms with Crippen LogP contribution in [0.4, 0.5) is 10.5 Å². The number of para-hydroxylation sites is 3. The van der Waals surface area contributed by atoms with E-state index in [-0.39, 0.29) is 11.7 Å². The summed E-state index contributed by atoms with van der Waals surface area (Å²) in [5.74, 6) is 0.920. The van der Waals surface area contributed by atoms with Crippen LogP contribution < -0.4 is 9.64 Å².